The Morgan fingerprint density at radius 2 is 1.67 bits per heavy atom. The van der Waals surface area contributed by atoms with Crippen molar-refractivity contribution in [2.24, 2.45) is 5.73 Å². The second-order valence-corrected chi connectivity index (χ2v) is 11.3. The molecular weight excluding hydrogens is 652 g/mol. The summed E-state index contributed by atoms with van der Waals surface area (Å²) >= 11 is 12.7. The summed E-state index contributed by atoms with van der Waals surface area (Å²) in [4.78, 5) is 32.6. The van der Waals surface area contributed by atoms with Crippen LogP contribution in [0.5, 0.6) is 5.75 Å². The average Bonchev–Trinajstić information content (AvgIpc) is 3.28. The number of methoxy groups -OCH3 is 1. The van der Waals surface area contributed by atoms with Gasteiger partial charge in [-0.15, -0.1) is 0 Å². The van der Waals surface area contributed by atoms with E-state index in [2.05, 4.69) is 4.98 Å². The number of pyridine rings is 1. The van der Waals surface area contributed by atoms with Gasteiger partial charge in [-0.2, -0.15) is 13.2 Å². The number of fused-ring (bicyclic) bond motifs is 3. The van der Waals surface area contributed by atoms with Crippen LogP contribution >= 0.6 is 23.2 Å². The van der Waals surface area contributed by atoms with E-state index in [1.165, 1.54) is 36.3 Å². The van der Waals surface area contributed by atoms with E-state index in [1.807, 2.05) is 0 Å². The fraction of sp³-hybridized carbons (Fsp3) is 0.121. The Morgan fingerprint density at radius 3 is 2.33 bits per heavy atom. The second kappa shape index (κ2) is 11.6. The summed E-state index contributed by atoms with van der Waals surface area (Å²) < 4.78 is 78.5. The molecule has 0 saturated carbocycles. The molecule has 13 heteroatoms. The number of benzene rings is 4. The molecule has 2 amide bonds. The van der Waals surface area contributed by atoms with E-state index < -0.39 is 52.4 Å². The van der Waals surface area contributed by atoms with Crippen LogP contribution in [0.3, 0.4) is 0 Å². The Balaban J connectivity index is 1.76. The number of aromatic nitrogens is 1. The molecule has 0 fully saturated rings. The molecule has 0 saturated heterocycles. The summed E-state index contributed by atoms with van der Waals surface area (Å²) in [6, 6.07) is 13.8. The molecule has 4 aromatic carbocycles. The number of rotatable bonds is 6. The Hall–Kier alpha value is -4.74. The van der Waals surface area contributed by atoms with Crippen molar-refractivity contribution in [2.45, 2.75) is 18.8 Å². The highest BCUT2D eigenvalue weighted by Crippen LogP contribution is 2.51. The van der Waals surface area contributed by atoms with Gasteiger partial charge in [0.05, 0.1) is 35.4 Å². The highest BCUT2D eigenvalue weighted by atomic mass is 35.5. The van der Waals surface area contributed by atoms with Crippen molar-refractivity contribution in [1.29, 1.82) is 0 Å². The lowest BCUT2D eigenvalue weighted by molar-refractivity contribution is -0.137. The molecule has 6 nitrogen and oxygen atoms in total. The monoisotopic (exact) mass is 671 g/mol. The molecule has 6 rings (SSSR count). The number of alkyl halides is 3. The maximum atomic E-state index is 14.8. The number of ether oxygens (including phenoxy) is 1. The van der Waals surface area contributed by atoms with Crippen molar-refractivity contribution >= 4 is 45.9 Å². The molecular formula is C33H20Cl2F5N3O3. The summed E-state index contributed by atoms with van der Waals surface area (Å²) in [5.41, 5.74) is 2.67. The van der Waals surface area contributed by atoms with Crippen LogP contribution in [0.4, 0.5) is 22.0 Å². The maximum absolute atomic E-state index is 14.8. The normalized spacial score (nSPS) is 14.6. The molecule has 0 aliphatic carbocycles. The molecule has 1 aliphatic rings. The van der Waals surface area contributed by atoms with Gasteiger partial charge in [-0.05, 0) is 71.8 Å². The minimum atomic E-state index is -5.18. The smallest absolute Gasteiger partial charge is 0.417 e. The first-order valence-electron chi connectivity index (χ1n) is 13.5. The van der Waals surface area contributed by atoms with Crippen molar-refractivity contribution in [1.82, 2.24) is 9.88 Å². The molecule has 0 bridgehead atoms. The number of amides is 2. The van der Waals surface area contributed by atoms with Crippen molar-refractivity contribution < 1.29 is 36.3 Å². The Kier molecular flexibility index (Phi) is 7.86. The average molecular weight is 672 g/mol. The number of carbonyl (C=O) groups excluding carboxylic acids is 2. The molecule has 234 valence electrons. The van der Waals surface area contributed by atoms with Crippen LogP contribution in [0.15, 0.2) is 72.8 Å². The topological polar surface area (TPSA) is 85.5 Å². The van der Waals surface area contributed by atoms with Gasteiger partial charge in [0, 0.05) is 33.6 Å². The van der Waals surface area contributed by atoms with Gasteiger partial charge < -0.3 is 15.4 Å². The number of primary amides is 1. The van der Waals surface area contributed by atoms with E-state index in [1.54, 1.807) is 24.3 Å². The SMILES string of the molecule is COc1ccc(CN2C(=O)c3c(c(-c4c(C(N)=O)cc(F)cc4C(F)(F)F)cc4nc(Cl)ccc34)C2c2cc(F)ccc2Cl)cc1. The summed E-state index contributed by atoms with van der Waals surface area (Å²) in [5.74, 6) is -3.55. The van der Waals surface area contributed by atoms with Gasteiger partial charge in [0.1, 0.15) is 22.5 Å². The summed E-state index contributed by atoms with van der Waals surface area (Å²) in [6.45, 7) is -0.102. The number of carbonyl (C=O) groups is 2. The van der Waals surface area contributed by atoms with Crippen molar-refractivity contribution in [3.05, 3.63) is 128 Å². The zero-order valence-electron chi connectivity index (χ0n) is 23.6. The third-order valence-electron chi connectivity index (χ3n) is 7.77. The molecule has 1 aromatic heterocycles. The lowest BCUT2D eigenvalue weighted by atomic mass is 9.84. The van der Waals surface area contributed by atoms with E-state index in [4.69, 9.17) is 33.7 Å². The minimum Gasteiger partial charge on any atom is -0.497 e. The van der Waals surface area contributed by atoms with Crippen LogP contribution < -0.4 is 10.5 Å². The van der Waals surface area contributed by atoms with Gasteiger partial charge in [0.2, 0.25) is 5.91 Å². The van der Waals surface area contributed by atoms with E-state index in [0.717, 1.165) is 12.1 Å². The third-order valence-corrected chi connectivity index (χ3v) is 8.32. The van der Waals surface area contributed by atoms with Gasteiger partial charge in [-0.3, -0.25) is 9.59 Å². The molecule has 2 N–H and O–H groups in total. The lowest BCUT2D eigenvalue weighted by Gasteiger charge is -2.28. The number of hydrogen-bond donors (Lipinski definition) is 1. The van der Waals surface area contributed by atoms with Crippen LogP contribution in [0.25, 0.3) is 22.0 Å². The molecule has 1 aliphatic heterocycles. The number of hydrogen-bond acceptors (Lipinski definition) is 4. The molecule has 5 aromatic rings. The maximum Gasteiger partial charge on any atom is 0.417 e. The highest BCUT2D eigenvalue weighted by molar-refractivity contribution is 6.31. The van der Waals surface area contributed by atoms with Crippen LogP contribution in [0, 0.1) is 11.6 Å². The van der Waals surface area contributed by atoms with Gasteiger partial charge in [0.15, 0.2) is 0 Å². The standard InChI is InChI=1S/C33H20Cl2F5N3O3/c1-46-18-5-2-15(3-6-18)14-43-30(20-10-16(36)4-8-24(20)34)28-21(13-25-19(29(28)32(43)45)7-9-26(35)42-25)27-22(31(41)44)11-17(37)12-23(27)33(38,39)40/h2-13,30H,14H2,1H3,(H2,41,44). The third kappa shape index (κ3) is 5.39. The van der Waals surface area contributed by atoms with Gasteiger partial charge in [-0.1, -0.05) is 35.3 Å². The van der Waals surface area contributed by atoms with Crippen LogP contribution in [0.1, 0.15) is 49.0 Å². The van der Waals surface area contributed by atoms with Gasteiger partial charge >= 0.3 is 6.18 Å². The first-order valence-corrected chi connectivity index (χ1v) is 14.3. The fourth-order valence-electron chi connectivity index (χ4n) is 5.86. The predicted octanol–water partition coefficient (Wildman–Crippen LogP) is 8.36. The Bertz CT molecular complexity index is 2070. The van der Waals surface area contributed by atoms with Crippen LogP contribution in [0.2, 0.25) is 10.2 Å². The quantitative estimate of drug-likeness (QED) is 0.145. The number of halogens is 7. The minimum absolute atomic E-state index is 0.0114. The number of nitrogens with zero attached hydrogens (tertiary/aromatic N) is 2. The van der Waals surface area contributed by atoms with Crippen molar-refractivity contribution in [3.8, 4) is 16.9 Å². The molecule has 2 heterocycles. The first-order chi connectivity index (χ1) is 21.8. The second-order valence-electron chi connectivity index (χ2n) is 10.5. The van der Waals surface area contributed by atoms with Crippen molar-refractivity contribution in [3.63, 3.8) is 0 Å². The summed E-state index contributed by atoms with van der Waals surface area (Å²) in [6.07, 6.45) is -5.18. The van der Waals surface area contributed by atoms with Crippen LogP contribution in [-0.4, -0.2) is 28.8 Å². The van der Waals surface area contributed by atoms with Gasteiger partial charge in [0.25, 0.3) is 5.91 Å². The molecule has 1 atom stereocenters. The zero-order chi connectivity index (χ0) is 33.1. The fourth-order valence-corrected chi connectivity index (χ4v) is 6.23. The Labute approximate surface area is 268 Å². The van der Waals surface area contributed by atoms with Crippen LogP contribution in [-0.2, 0) is 12.7 Å². The molecule has 0 spiro atoms. The van der Waals surface area contributed by atoms with E-state index in [-0.39, 0.29) is 55.9 Å². The number of nitrogens with two attached hydrogens (primary N) is 1. The zero-order valence-corrected chi connectivity index (χ0v) is 25.1. The summed E-state index contributed by atoms with van der Waals surface area (Å²) in [7, 11) is 1.48. The van der Waals surface area contributed by atoms with E-state index in [0.29, 0.717) is 17.4 Å². The first kappa shape index (κ1) is 31.3. The lowest BCUT2D eigenvalue weighted by Crippen LogP contribution is -2.28. The Morgan fingerprint density at radius 1 is 0.957 bits per heavy atom. The summed E-state index contributed by atoms with van der Waals surface area (Å²) in [5, 5.41) is 0.200. The molecule has 0 radical (unpaired) electrons. The van der Waals surface area contributed by atoms with E-state index >= 15 is 0 Å². The predicted molar refractivity (Wildman–Crippen MR) is 162 cm³/mol. The van der Waals surface area contributed by atoms with Crippen molar-refractivity contribution in [2.75, 3.05) is 7.11 Å². The molecule has 1 unspecified atom stereocenters. The highest BCUT2D eigenvalue weighted by Gasteiger charge is 2.45. The van der Waals surface area contributed by atoms with E-state index in [9.17, 15) is 31.5 Å². The molecule has 46 heavy (non-hydrogen) atoms. The largest absolute Gasteiger partial charge is 0.497 e. The van der Waals surface area contributed by atoms with Gasteiger partial charge in [-0.25, -0.2) is 13.8 Å².